The first kappa shape index (κ1) is 12.2. The Kier molecular flexibility index (Phi) is 5.37. The maximum Gasteiger partial charge on any atom is 0.0556 e. The number of benzene rings is 1. The highest BCUT2D eigenvalue weighted by Gasteiger charge is 2.12. The molecule has 0 radical (unpaired) electrons. The molecule has 0 saturated carbocycles. The Bertz CT molecular complexity index is 258. The summed E-state index contributed by atoms with van der Waals surface area (Å²) in [4.78, 5) is 0. The smallest absolute Gasteiger partial charge is 0.0556 e. The molecule has 15 heavy (non-hydrogen) atoms. The highest BCUT2D eigenvalue weighted by Crippen LogP contribution is 2.09. The predicted molar refractivity (Wildman–Crippen MR) is 63.9 cm³/mol. The molecule has 2 N–H and O–H groups in total. The maximum atomic E-state index is 8.80. The van der Waals surface area contributed by atoms with Crippen LogP contribution in [-0.2, 0) is 6.42 Å². The topological polar surface area (TPSA) is 32.3 Å². The van der Waals surface area contributed by atoms with Crippen molar-refractivity contribution in [2.24, 2.45) is 5.92 Å². The van der Waals surface area contributed by atoms with Gasteiger partial charge in [-0.15, -0.1) is 0 Å². The molecule has 1 aromatic carbocycles. The molecule has 2 heteroatoms. The molecule has 0 spiro atoms. The van der Waals surface area contributed by atoms with Gasteiger partial charge in [-0.3, -0.25) is 0 Å². The van der Waals surface area contributed by atoms with Crippen LogP contribution >= 0.6 is 0 Å². The third-order valence-corrected chi connectivity index (χ3v) is 2.62. The summed E-state index contributed by atoms with van der Waals surface area (Å²) in [7, 11) is 0. The van der Waals surface area contributed by atoms with Crippen LogP contribution in [0.25, 0.3) is 0 Å². The first-order valence-electron chi connectivity index (χ1n) is 5.62. The lowest BCUT2D eigenvalue weighted by atomic mass is 9.96. The third-order valence-electron chi connectivity index (χ3n) is 2.62. The van der Waals surface area contributed by atoms with Crippen molar-refractivity contribution in [3.63, 3.8) is 0 Å². The first-order chi connectivity index (χ1) is 7.24. The predicted octanol–water partition coefficient (Wildman–Crippen LogP) is 1.84. The van der Waals surface area contributed by atoms with Gasteiger partial charge in [-0.2, -0.15) is 0 Å². The molecule has 0 saturated heterocycles. The van der Waals surface area contributed by atoms with E-state index < -0.39 is 0 Å². The van der Waals surface area contributed by atoms with Gasteiger partial charge in [0.2, 0.25) is 0 Å². The lowest BCUT2D eigenvalue weighted by Crippen LogP contribution is -2.37. The number of hydrogen-bond acceptors (Lipinski definition) is 2. The Balaban J connectivity index is 2.51. The lowest BCUT2D eigenvalue weighted by molar-refractivity contribution is 0.273. The summed E-state index contributed by atoms with van der Waals surface area (Å²) in [5.74, 6) is 0.580. The number of aliphatic hydroxyl groups excluding tert-OH is 1. The Morgan fingerprint density at radius 3 is 2.40 bits per heavy atom. The fourth-order valence-electron chi connectivity index (χ4n) is 1.66. The summed E-state index contributed by atoms with van der Waals surface area (Å²) >= 11 is 0. The van der Waals surface area contributed by atoms with Crippen LogP contribution in [0.3, 0.4) is 0 Å². The molecule has 2 nitrogen and oxygen atoms in total. The van der Waals surface area contributed by atoms with Crippen LogP contribution in [0.15, 0.2) is 30.3 Å². The average Bonchev–Trinajstić information content (AvgIpc) is 2.25. The van der Waals surface area contributed by atoms with E-state index in [4.69, 9.17) is 5.11 Å². The van der Waals surface area contributed by atoms with Crippen LogP contribution in [0.2, 0.25) is 0 Å². The minimum atomic E-state index is 0.206. The van der Waals surface area contributed by atoms with Gasteiger partial charge in [0.15, 0.2) is 0 Å². The highest BCUT2D eigenvalue weighted by atomic mass is 16.3. The van der Waals surface area contributed by atoms with E-state index in [1.807, 2.05) is 6.07 Å². The Morgan fingerprint density at radius 2 is 1.87 bits per heavy atom. The minimum Gasteiger partial charge on any atom is -0.395 e. The Hall–Kier alpha value is -0.860. The van der Waals surface area contributed by atoms with Crippen LogP contribution in [0.4, 0.5) is 0 Å². The van der Waals surface area contributed by atoms with E-state index in [1.165, 1.54) is 5.56 Å². The standard InChI is InChI=1S/C13H21NO/c1-11(2)13(14-8-9-15)10-12-6-4-3-5-7-12/h3-7,11,13-15H,8-10H2,1-2H3. The van der Waals surface area contributed by atoms with Crippen molar-refractivity contribution in [3.05, 3.63) is 35.9 Å². The maximum absolute atomic E-state index is 8.80. The van der Waals surface area contributed by atoms with Crippen molar-refractivity contribution in [2.75, 3.05) is 13.2 Å². The van der Waals surface area contributed by atoms with Crippen molar-refractivity contribution in [3.8, 4) is 0 Å². The first-order valence-corrected chi connectivity index (χ1v) is 5.62. The molecule has 0 aliphatic rings. The second-order valence-corrected chi connectivity index (χ2v) is 4.22. The fraction of sp³-hybridized carbons (Fsp3) is 0.538. The van der Waals surface area contributed by atoms with E-state index in [2.05, 4.69) is 43.4 Å². The van der Waals surface area contributed by atoms with Gasteiger partial charge in [0.1, 0.15) is 0 Å². The fourth-order valence-corrected chi connectivity index (χ4v) is 1.66. The molecule has 84 valence electrons. The van der Waals surface area contributed by atoms with E-state index >= 15 is 0 Å². The molecule has 0 amide bonds. The van der Waals surface area contributed by atoms with Gasteiger partial charge in [0, 0.05) is 12.6 Å². The largest absolute Gasteiger partial charge is 0.395 e. The summed E-state index contributed by atoms with van der Waals surface area (Å²) in [6, 6.07) is 10.9. The number of rotatable bonds is 6. The zero-order valence-electron chi connectivity index (χ0n) is 9.61. The van der Waals surface area contributed by atoms with Gasteiger partial charge in [-0.05, 0) is 17.9 Å². The molecule has 0 fully saturated rings. The van der Waals surface area contributed by atoms with E-state index in [9.17, 15) is 0 Å². The number of hydrogen-bond donors (Lipinski definition) is 2. The van der Waals surface area contributed by atoms with Crippen LogP contribution in [0.1, 0.15) is 19.4 Å². The molecule has 1 rings (SSSR count). The van der Waals surface area contributed by atoms with Crippen molar-refractivity contribution < 1.29 is 5.11 Å². The molecule has 0 aliphatic carbocycles. The monoisotopic (exact) mass is 207 g/mol. The van der Waals surface area contributed by atoms with Crippen LogP contribution in [-0.4, -0.2) is 24.3 Å². The van der Waals surface area contributed by atoms with E-state index in [-0.39, 0.29) is 6.61 Å². The van der Waals surface area contributed by atoms with E-state index in [0.29, 0.717) is 18.5 Å². The zero-order chi connectivity index (χ0) is 11.1. The van der Waals surface area contributed by atoms with Crippen molar-refractivity contribution in [1.29, 1.82) is 0 Å². The molecule has 0 aromatic heterocycles. The van der Waals surface area contributed by atoms with E-state index in [0.717, 1.165) is 6.42 Å². The van der Waals surface area contributed by atoms with Gasteiger partial charge >= 0.3 is 0 Å². The molecular formula is C13H21NO. The Morgan fingerprint density at radius 1 is 1.20 bits per heavy atom. The minimum absolute atomic E-state index is 0.206. The number of nitrogens with one attached hydrogen (secondary N) is 1. The second kappa shape index (κ2) is 6.59. The molecule has 0 bridgehead atoms. The summed E-state index contributed by atoms with van der Waals surface area (Å²) in [5.41, 5.74) is 1.35. The van der Waals surface area contributed by atoms with Crippen LogP contribution in [0.5, 0.6) is 0 Å². The summed E-state index contributed by atoms with van der Waals surface area (Å²) in [5, 5.41) is 12.2. The van der Waals surface area contributed by atoms with Crippen molar-refractivity contribution in [2.45, 2.75) is 26.3 Å². The quantitative estimate of drug-likeness (QED) is 0.746. The van der Waals surface area contributed by atoms with Gasteiger partial charge in [-0.1, -0.05) is 44.2 Å². The zero-order valence-corrected chi connectivity index (χ0v) is 9.61. The molecule has 1 aromatic rings. The third kappa shape index (κ3) is 4.45. The van der Waals surface area contributed by atoms with E-state index in [1.54, 1.807) is 0 Å². The highest BCUT2D eigenvalue weighted by molar-refractivity contribution is 5.16. The molecule has 1 atom stereocenters. The van der Waals surface area contributed by atoms with Crippen LogP contribution < -0.4 is 5.32 Å². The van der Waals surface area contributed by atoms with Gasteiger partial charge < -0.3 is 10.4 Å². The number of aliphatic hydroxyl groups is 1. The SMILES string of the molecule is CC(C)C(Cc1ccccc1)NCCO. The molecule has 0 aliphatic heterocycles. The average molecular weight is 207 g/mol. The van der Waals surface area contributed by atoms with Gasteiger partial charge in [0.25, 0.3) is 0 Å². The molecular weight excluding hydrogens is 186 g/mol. The summed E-state index contributed by atoms with van der Waals surface area (Å²) in [6.07, 6.45) is 1.03. The van der Waals surface area contributed by atoms with Crippen molar-refractivity contribution >= 4 is 0 Å². The van der Waals surface area contributed by atoms with Crippen molar-refractivity contribution in [1.82, 2.24) is 5.32 Å². The summed E-state index contributed by atoms with van der Waals surface area (Å²) in [6.45, 7) is 5.30. The van der Waals surface area contributed by atoms with Gasteiger partial charge in [-0.25, -0.2) is 0 Å². The summed E-state index contributed by atoms with van der Waals surface area (Å²) < 4.78 is 0. The molecule has 0 heterocycles. The Labute approximate surface area is 92.3 Å². The molecule has 1 unspecified atom stereocenters. The second-order valence-electron chi connectivity index (χ2n) is 4.22. The van der Waals surface area contributed by atoms with Gasteiger partial charge in [0.05, 0.1) is 6.61 Å². The lowest BCUT2D eigenvalue weighted by Gasteiger charge is -2.22. The normalized spacial score (nSPS) is 13.1. The van der Waals surface area contributed by atoms with Crippen LogP contribution in [0, 0.1) is 5.92 Å².